The van der Waals surface area contributed by atoms with Crippen LogP contribution < -0.4 is 4.74 Å². The average Bonchev–Trinajstić information content (AvgIpc) is 2.83. The van der Waals surface area contributed by atoms with Gasteiger partial charge in [-0.05, 0) is 49.6 Å². The fraction of sp³-hybridized carbons (Fsp3) is 0.417. The number of sulfonamides is 1. The molecule has 0 unspecified atom stereocenters. The molecule has 0 aromatic heterocycles. The van der Waals surface area contributed by atoms with Crippen molar-refractivity contribution in [2.45, 2.75) is 37.2 Å². The number of carbonyl (C=O) groups is 2. The van der Waals surface area contributed by atoms with E-state index >= 15 is 0 Å². The van der Waals surface area contributed by atoms with Gasteiger partial charge in [0.05, 0.1) is 11.5 Å². The van der Waals surface area contributed by atoms with Gasteiger partial charge in [-0.15, -0.1) is 0 Å². The summed E-state index contributed by atoms with van der Waals surface area (Å²) in [5, 5.41) is 0. The Balaban J connectivity index is 1.35. The Morgan fingerprint density at radius 2 is 1.55 bits per heavy atom. The van der Waals surface area contributed by atoms with Crippen molar-refractivity contribution >= 4 is 21.8 Å². The van der Waals surface area contributed by atoms with Crippen LogP contribution in [0.25, 0.3) is 0 Å². The molecule has 2 heterocycles. The minimum atomic E-state index is -3.62. The van der Waals surface area contributed by atoms with Gasteiger partial charge >= 0.3 is 11.8 Å². The second-order valence-electron chi connectivity index (χ2n) is 8.25. The van der Waals surface area contributed by atoms with Crippen molar-refractivity contribution in [1.82, 2.24) is 14.1 Å². The summed E-state index contributed by atoms with van der Waals surface area (Å²) in [7, 11) is -3.62. The van der Waals surface area contributed by atoms with E-state index in [1.165, 1.54) is 4.31 Å². The number of benzene rings is 2. The third kappa shape index (κ3) is 5.04. The highest BCUT2D eigenvalue weighted by atomic mass is 32.2. The Morgan fingerprint density at radius 1 is 0.879 bits per heavy atom. The van der Waals surface area contributed by atoms with Crippen LogP contribution in [0.1, 0.15) is 25.3 Å². The van der Waals surface area contributed by atoms with Gasteiger partial charge in [0.25, 0.3) is 0 Å². The smallest absolute Gasteiger partial charge is 0.312 e. The predicted octanol–water partition coefficient (Wildman–Crippen LogP) is 2.11. The van der Waals surface area contributed by atoms with E-state index in [0.717, 1.165) is 5.56 Å². The van der Waals surface area contributed by atoms with Crippen LogP contribution in [-0.2, 0) is 26.2 Å². The fourth-order valence-corrected chi connectivity index (χ4v) is 5.88. The topological polar surface area (TPSA) is 87.2 Å². The van der Waals surface area contributed by atoms with Crippen LogP contribution in [0.2, 0.25) is 0 Å². The van der Waals surface area contributed by atoms with E-state index in [1.54, 1.807) is 34.1 Å². The van der Waals surface area contributed by atoms with Crippen molar-refractivity contribution in [1.29, 1.82) is 0 Å². The quantitative estimate of drug-likeness (QED) is 0.578. The Bertz CT molecular complexity index is 1080. The van der Waals surface area contributed by atoms with Crippen molar-refractivity contribution in [2.24, 2.45) is 0 Å². The molecule has 2 saturated heterocycles. The molecule has 8 nitrogen and oxygen atoms in total. The van der Waals surface area contributed by atoms with Crippen LogP contribution in [-0.4, -0.2) is 73.2 Å². The van der Waals surface area contributed by atoms with Crippen LogP contribution in [0.4, 0.5) is 0 Å². The third-order valence-electron chi connectivity index (χ3n) is 6.19. The number of nitrogens with zero attached hydrogens (tertiary/aromatic N) is 3. The summed E-state index contributed by atoms with van der Waals surface area (Å²) in [5.41, 5.74) is 0.986. The lowest BCUT2D eigenvalue weighted by molar-refractivity contribution is -0.158. The van der Waals surface area contributed by atoms with Crippen LogP contribution in [0.3, 0.4) is 0 Å². The van der Waals surface area contributed by atoms with Crippen molar-refractivity contribution in [3.8, 4) is 5.75 Å². The van der Waals surface area contributed by atoms with Gasteiger partial charge in [-0.3, -0.25) is 9.59 Å². The van der Waals surface area contributed by atoms with Gasteiger partial charge in [0, 0.05) is 38.8 Å². The van der Waals surface area contributed by atoms with E-state index < -0.39 is 21.8 Å². The number of carbonyl (C=O) groups excluding carboxylic acids is 2. The van der Waals surface area contributed by atoms with E-state index in [-0.39, 0.29) is 10.9 Å². The summed E-state index contributed by atoms with van der Waals surface area (Å²) in [6.07, 6.45) is 1.02. The zero-order valence-electron chi connectivity index (χ0n) is 18.7. The first-order chi connectivity index (χ1) is 15.9. The molecule has 2 aromatic carbocycles. The number of rotatable bonds is 7. The SMILES string of the molecule is CCOc1ccc(S(=O)(=O)N2CCC(N3CCN(Cc4ccccc4)C(=O)C3=O)CC2)cc1. The molecule has 0 atom stereocenters. The van der Waals surface area contributed by atoms with Crippen LogP contribution in [0.5, 0.6) is 5.75 Å². The molecule has 2 aliphatic heterocycles. The number of ether oxygens (including phenoxy) is 1. The van der Waals surface area contributed by atoms with Crippen molar-refractivity contribution in [2.75, 3.05) is 32.8 Å². The lowest BCUT2D eigenvalue weighted by Gasteiger charge is -2.41. The summed E-state index contributed by atoms with van der Waals surface area (Å²) >= 11 is 0. The van der Waals surface area contributed by atoms with E-state index in [2.05, 4.69) is 0 Å². The molecule has 4 rings (SSSR count). The number of piperazine rings is 1. The molecular weight excluding hydrogens is 442 g/mol. The van der Waals surface area contributed by atoms with Gasteiger partial charge in [0.1, 0.15) is 5.75 Å². The number of hydrogen-bond donors (Lipinski definition) is 0. The largest absolute Gasteiger partial charge is 0.494 e. The molecule has 9 heteroatoms. The molecular formula is C24H29N3O5S. The first kappa shape index (κ1) is 23.3. The first-order valence-electron chi connectivity index (χ1n) is 11.3. The first-order valence-corrected chi connectivity index (χ1v) is 12.7. The third-order valence-corrected chi connectivity index (χ3v) is 8.11. The van der Waals surface area contributed by atoms with Gasteiger partial charge in [-0.1, -0.05) is 30.3 Å². The number of amides is 2. The predicted molar refractivity (Wildman–Crippen MR) is 123 cm³/mol. The van der Waals surface area contributed by atoms with Crippen LogP contribution >= 0.6 is 0 Å². The lowest BCUT2D eigenvalue weighted by Crippen LogP contribution is -2.58. The molecule has 2 aliphatic rings. The molecule has 0 bridgehead atoms. The zero-order valence-corrected chi connectivity index (χ0v) is 19.5. The Labute approximate surface area is 194 Å². The summed E-state index contributed by atoms with van der Waals surface area (Å²) < 4.78 is 32.9. The highest BCUT2D eigenvalue weighted by molar-refractivity contribution is 7.89. The molecule has 176 valence electrons. The second-order valence-corrected chi connectivity index (χ2v) is 10.2. The Kier molecular flexibility index (Phi) is 6.99. The van der Waals surface area contributed by atoms with Gasteiger partial charge in [0.15, 0.2) is 0 Å². The maximum absolute atomic E-state index is 13.0. The van der Waals surface area contributed by atoms with Gasteiger partial charge < -0.3 is 14.5 Å². The highest BCUT2D eigenvalue weighted by Crippen LogP contribution is 2.26. The fourth-order valence-electron chi connectivity index (χ4n) is 4.41. The zero-order chi connectivity index (χ0) is 23.4. The summed E-state index contributed by atoms with van der Waals surface area (Å²) in [5.74, 6) is -0.357. The summed E-state index contributed by atoms with van der Waals surface area (Å²) in [6, 6.07) is 15.9. The standard InChI is InChI=1S/C24H29N3O5S/c1-2-32-21-8-10-22(11-9-21)33(30,31)26-14-12-20(13-15-26)27-17-16-25(23(28)24(27)29)18-19-6-4-3-5-7-19/h3-11,20H,2,12-18H2,1H3. The molecule has 0 aliphatic carbocycles. The molecule has 0 saturated carbocycles. The maximum Gasteiger partial charge on any atom is 0.312 e. The summed E-state index contributed by atoms with van der Waals surface area (Å²) in [4.78, 5) is 28.9. The lowest BCUT2D eigenvalue weighted by atomic mass is 10.0. The van der Waals surface area contributed by atoms with Crippen LogP contribution in [0, 0.1) is 0 Å². The van der Waals surface area contributed by atoms with Crippen molar-refractivity contribution < 1.29 is 22.7 Å². The van der Waals surface area contributed by atoms with E-state index in [0.29, 0.717) is 57.9 Å². The molecule has 2 amide bonds. The Morgan fingerprint density at radius 3 is 2.18 bits per heavy atom. The Hall–Kier alpha value is -2.91. The number of piperidine rings is 1. The molecule has 0 N–H and O–H groups in total. The molecule has 2 aromatic rings. The second kappa shape index (κ2) is 9.93. The minimum absolute atomic E-state index is 0.132. The minimum Gasteiger partial charge on any atom is -0.494 e. The molecule has 0 radical (unpaired) electrons. The average molecular weight is 472 g/mol. The highest BCUT2D eigenvalue weighted by Gasteiger charge is 2.39. The van der Waals surface area contributed by atoms with E-state index in [1.807, 2.05) is 37.3 Å². The monoisotopic (exact) mass is 471 g/mol. The summed E-state index contributed by atoms with van der Waals surface area (Å²) in [6.45, 7) is 4.37. The van der Waals surface area contributed by atoms with Gasteiger partial charge in [-0.25, -0.2) is 8.42 Å². The molecule has 2 fully saturated rings. The van der Waals surface area contributed by atoms with E-state index in [9.17, 15) is 18.0 Å². The van der Waals surface area contributed by atoms with E-state index in [4.69, 9.17) is 4.74 Å². The van der Waals surface area contributed by atoms with Crippen LogP contribution in [0.15, 0.2) is 59.5 Å². The maximum atomic E-state index is 13.0. The number of hydrogen-bond acceptors (Lipinski definition) is 5. The van der Waals surface area contributed by atoms with Crippen molar-refractivity contribution in [3.05, 3.63) is 60.2 Å². The normalized spacial score (nSPS) is 18.6. The molecule has 33 heavy (non-hydrogen) atoms. The van der Waals surface area contributed by atoms with Gasteiger partial charge in [0.2, 0.25) is 10.0 Å². The molecule has 0 spiro atoms. The van der Waals surface area contributed by atoms with Crippen molar-refractivity contribution in [3.63, 3.8) is 0 Å². The van der Waals surface area contributed by atoms with Gasteiger partial charge in [-0.2, -0.15) is 4.31 Å².